The summed E-state index contributed by atoms with van der Waals surface area (Å²) in [7, 11) is 0. The number of anilines is 1. The summed E-state index contributed by atoms with van der Waals surface area (Å²) in [5, 5.41) is 6.17. The van der Waals surface area contributed by atoms with Crippen molar-refractivity contribution in [2.75, 3.05) is 5.73 Å². The van der Waals surface area contributed by atoms with Crippen molar-refractivity contribution in [2.24, 2.45) is 0 Å². The van der Waals surface area contributed by atoms with Crippen LogP contribution in [-0.2, 0) is 0 Å². The summed E-state index contributed by atoms with van der Waals surface area (Å²) >= 11 is 1.63. The first-order valence-corrected chi connectivity index (χ1v) is 6.92. The zero-order valence-corrected chi connectivity index (χ0v) is 11.6. The van der Waals surface area contributed by atoms with Crippen molar-refractivity contribution in [3.05, 3.63) is 46.8 Å². The number of rotatable bonds is 2. The van der Waals surface area contributed by atoms with Gasteiger partial charge in [0, 0.05) is 10.4 Å². The third-order valence-corrected chi connectivity index (χ3v) is 4.23. The third kappa shape index (κ3) is 1.94. The van der Waals surface area contributed by atoms with Crippen LogP contribution in [0.2, 0.25) is 0 Å². The van der Waals surface area contributed by atoms with Crippen LogP contribution >= 0.6 is 11.3 Å². The van der Waals surface area contributed by atoms with E-state index in [1.165, 1.54) is 11.1 Å². The van der Waals surface area contributed by atoms with E-state index in [0.717, 1.165) is 21.7 Å². The minimum Gasteiger partial charge on any atom is -0.367 e. The first-order valence-electron chi connectivity index (χ1n) is 6.04. The van der Waals surface area contributed by atoms with Crippen LogP contribution in [0.5, 0.6) is 0 Å². The Balaban J connectivity index is 2.25. The number of nitrogens with zero attached hydrogens (tertiary/aromatic N) is 1. The molecule has 3 nitrogen and oxygen atoms in total. The molecule has 0 saturated heterocycles. The summed E-state index contributed by atoms with van der Waals surface area (Å²) in [5.74, 6) is 0.373. The quantitative estimate of drug-likeness (QED) is 0.756. The number of aryl methyl sites for hydroxylation is 1. The monoisotopic (exact) mass is 270 g/mol. The van der Waals surface area contributed by atoms with E-state index in [4.69, 9.17) is 10.3 Å². The SMILES string of the molecule is Cc1cccc(-c2noc(N)c2-c2cccs2)c1C. The van der Waals surface area contributed by atoms with Crippen LogP contribution < -0.4 is 5.73 Å². The fourth-order valence-corrected chi connectivity index (χ4v) is 2.93. The van der Waals surface area contributed by atoms with Crippen LogP contribution in [0.4, 0.5) is 5.88 Å². The molecule has 0 amide bonds. The Hall–Kier alpha value is -2.07. The second-order valence-corrected chi connectivity index (χ2v) is 5.44. The molecule has 0 aliphatic rings. The molecule has 0 unspecified atom stereocenters. The molecular formula is C15H14N2OS. The highest BCUT2D eigenvalue weighted by Crippen LogP contribution is 2.39. The fraction of sp³-hybridized carbons (Fsp3) is 0.133. The molecule has 3 aromatic rings. The molecule has 0 fully saturated rings. The number of hydrogen-bond donors (Lipinski definition) is 1. The summed E-state index contributed by atoms with van der Waals surface area (Å²) in [6.07, 6.45) is 0. The fourth-order valence-electron chi connectivity index (χ4n) is 2.15. The average molecular weight is 270 g/mol. The molecule has 0 radical (unpaired) electrons. The molecule has 0 saturated carbocycles. The van der Waals surface area contributed by atoms with Gasteiger partial charge < -0.3 is 10.3 Å². The number of nitrogens with two attached hydrogens (primary N) is 1. The average Bonchev–Trinajstić information content (AvgIpc) is 3.02. The molecule has 2 aromatic heterocycles. The van der Waals surface area contributed by atoms with Gasteiger partial charge >= 0.3 is 0 Å². The van der Waals surface area contributed by atoms with Crippen LogP contribution in [0.1, 0.15) is 11.1 Å². The van der Waals surface area contributed by atoms with Gasteiger partial charge in [0.2, 0.25) is 5.88 Å². The highest BCUT2D eigenvalue weighted by atomic mass is 32.1. The maximum absolute atomic E-state index is 5.94. The minimum absolute atomic E-state index is 0.373. The van der Waals surface area contributed by atoms with Gasteiger partial charge in [0.05, 0.1) is 5.56 Å². The lowest BCUT2D eigenvalue weighted by Gasteiger charge is -2.07. The largest absolute Gasteiger partial charge is 0.367 e. The van der Waals surface area contributed by atoms with Gasteiger partial charge in [-0.2, -0.15) is 0 Å². The molecule has 1 aromatic carbocycles. The number of aromatic nitrogens is 1. The van der Waals surface area contributed by atoms with Crippen molar-refractivity contribution < 1.29 is 4.52 Å². The first-order chi connectivity index (χ1) is 9.18. The molecule has 4 heteroatoms. The van der Waals surface area contributed by atoms with Crippen LogP contribution in [-0.4, -0.2) is 5.16 Å². The summed E-state index contributed by atoms with van der Waals surface area (Å²) in [6, 6.07) is 10.2. The Morgan fingerprint density at radius 3 is 2.74 bits per heavy atom. The number of benzene rings is 1. The zero-order chi connectivity index (χ0) is 13.4. The van der Waals surface area contributed by atoms with E-state index in [1.54, 1.807) is 11.3 Å². The summed E-state index contributed by atoms with van der Waals surface area (Å²) in [4.78, 5) is 1.08. The van der Waals surface area contributed by atoms with Gasteiger partial charge in [0.25, 0.3) is 0 Å². The Kier molecular flexibility index (Phi) is 2.87. The minimum atomic E-state index is 0.373. The Morgan fingerprint density at radius 2 is 2.00 bits per heavy atom. The summed E-state index contributed by atoms with van der Waals surface area (Å²) in [5.41, 5.74) is 11.2. The van der Waals surface area contributed by atoms with Gasteiger partial charge in [-0.1, -0.05) is 29.4 Å². The van der Waals surface area contributed by atoms with Crippen LogP contribution in [0.3, 0.4) is 0 Å². The maximum atomic E-state index is 5.94. The molecular weight excluding hydrogens is 256 g/mol. The van der Waals surface area contributed by atoms with E-state index in [-0.39, 0.29) is 0 Å². The van der Waals surface area contributed by atoms with Gasteiger partial charge in [-0.3, -0.25) is 0 Å². The van der Waals surface area contributed by atoms with Crippen molar-refractivity contribution in [1.29, 1.82) is 0 Å². The van der Waals surface area contributed by atoms with Gasteiger partial charge in [-0.25, -0.2) is 0 Å². The van der Waals surface area contributed by atoms with E-state index in [9.17, 15) is 0 Å². The van der Waals surface area contributed by atoms with Crippen molar-refractivity contribution in [2.45, 2.75) is 13.8 Å². The molecule has 96 valence electrons. The predicted octanol–water partition coefficient (Wildman–Crippen LogP) is 4.27. The first kappa shape index (κ1) is 12.0. The highest BCUT2D eigenvalue weighted by Gasteiger charge is 2.19. The molecule has 0 aliphatic carbocycles. The lowest BCUT2D eigenvalue weighted by molar-refractivity contribution is 0.439. The standard InChI is InChI=1S/C15H14N2OS/c1-9-5-3-6-11(10(9)2)14-13(15(16)18-17-14)12-7-4-8-19-12/h3-8H,16H2,1-2H3. The predicted molar refractivity (Wildman–Crippen MR) is 79.1 cm³/mol. The van der Waals surface area contributed by atoms with E-state index >= 15 is 0 Å². The van der Waals surface area contributed by atoms with E-state index in [1.807, 2.05) is 23.6 Å². The van der Waals surface area contributed by atoms with E-state index in [0.29, 0.717) is 5.88 Å². The van der Waals surface area contributed by atoms with Gasteiger partial charge in [0.15, 0.2) is 0 Å². The lowest BCUT2D eigenvalue weighted by atomic mass is 9.98. The zero-order valence-electron chi connectivity index (χ0n) is 10.8. The Bertz CT molecular complexity index is 714. The molecule has 0 spiro atoms. The van der Waals surface area contributed by atoms with E-state index < -0.39 is 0 Å². The molecule has 2 N–H and O–H groups in total. The molecule has 3 rings (SSSR count). The number of nitrogen functional groups attached to an aromatic ring is 1. The van der Waals surface area contributed by atoms with Crippen molar-refractivity contribution in [1.82, 2.24) is 5.16 Å². The van der Waals surface area contributed by atoms with Crippen molar-refractivity contribution in [3.8, 4) is 21.7 Å². The van der Waals surface area contributed by atoms with Crippen molar-refractivity contribution in [3.63, 3.8) is 0 Å². The Labute approximate surface area is 115 Å². The second kappa shape index (κ2) is 4.55. The van der Waals surface area contributed by atoms with Gasteiger partial charge in [0.1, 0.15) is 5.69 Å². The third-order valence-electron chi connectivity index (χ3n) is 3.35. The van der Waals surface area contributed by atoms with E-state index in [2.05, 4.69) is 31.1 Å². The summed E-state index contributed by atoms with van der Waals surface area (Å²) in [6.45, 7) is 4.18. The van der Waals surface area contributed by atoms with Crippen LogP contribution in [0.25, 0.3) is 21.7 Å². The normalized spacial score (nSPS) is 10.8. The number of thiophene rings is 1. The topological polar surface area (TPSA) is 52.0 Å². The Morgan fingerprint density at radius 1 is 1.16 bits per heavy atom. The lowest BCUT2D eigenvalue weighted by Crippen LogP contribution is -1.90. The highest BCUT2D eigenvalue weighted by molar-refractivity contribution is 7.13. The van der Waals surface area contributed by atoms with Crippen LogP contribution in [0.15, 0.2) is 40.2 Å². The van der Waals surface area contributed by atoms with Crippen molar-refractivity contribution >= 4 is 17.2 Å². The molecule has 0 atom stereocenters. The molecule has 19 heavy (non-hydrogen) atoms. The summed E-state index contributed by atoms with van der Waals surface area (Å²) < 4.78 is 5.20. The van der Waals surface area contributed by atoms with Crippen LogP contribution in [0, 0.1) is 13.8 Å². The molecule has 0 aliphatic heterocycles. The molecule has 2 heterocycles. The molecule has 0 bridgehead atoms. The number of hydrogen-bond acceptors (Lipinski definition) is 4. The second-order valence-electron chi connectivity index (χ2n) is 4.50. The maximum Gasteiger partial charge on any atom is 0.231 e. The van der Waals surface area contributed by atoms with Gasteiger partial charge in [-0.05, 0) is 36.4 Å². The smallest absolute Gasteiger partial charge is 0.231 e. The van der Waals surface area contributed by atoms with Gasteiger partial charge in [-0.15, -0.1) is 11.3 Å².